The van der Waals surface area contributed by atoms with Crippen LogP contribution in [0.4, 0.5) is 0 Å². The highest BCUT2D eigenvalue weighted by molar-refractivity contribution is 5.96. The largest absolute Gasteiger partial charge is 0.381 e. The van der Waals surface area contributed by atoms with Crippen molar-refractivity contribution in [2.75, 3.05) is 19.8 Å². The van der Waals surface area contributed by atoms with E-state index in [9.17, 15) is 9.59 Å². The molecule has 0 spiro atoms. The highest BCUT2D eigenvalue weighted by atomic mass is 16.5. The zero-order valence-corrected chi connectivity index (χ0v) is 14.3. The summed E-state index contributed by atoms with van der Waals surface area (Å²) in [6.45, 7) is 1.22. The van der Waals surface area contributed by atoms with Crippen LogP contribution in [-0.2, 0) is 21.4 Å². The maximum atomic E-state index is 12.2. The Labute approximate surface area is 146 Å². The Balaban J connectivity index is 1.67. The smallest absolute Gasteiger partial charge is 0.244 e. The normalized spacial score (nSPS) is 17.0. The number of amides is 2. The van der Waals surface area contributed by atoms with Gasteiger partial charge in [0.25, 0.3) is 0 Å². The molecular weight excluding hydrogens is 318 g/mol. The Morgan fingerprint density at radius 1 is 1.32 bits per heavy atom. The molecule has 0 unspecified atom stereocenters. The van der Waals surface area contributed by atoms with Gasteiger partial charge in [0.05, 0.1) is 5.41 Å². The van der Waals surface area contributed by atoms with Gasteiger partial charge in [0, 0.05) is 55.5 Å². The van der Waals surface area contributed by atoms with Crippen molar-refractivity contribution in [2.24, 2.45) is 18.2 Å². The summed E-state index contributed by atoms with van der Waals surface area (Å²) in [5.41, 5.74) is 6.93. The van der Waals surface area contributed by atoms with Crippen LogP contribution in [0.2, 0.25) is 0 Å². The van der Waals surface area contributed by atoms with Crippen molar-refractivity contribution in [1.82, 2.24) is 9.88 Å². The number of nitrogens with two attached hydrogens (primary N) is 1. The minimum Gasteiger partial charge on any atom is -0.381 e. The second-order valence-electron chi connectivity index (χ2n) is 6.52. The molecule has 132 valence electrons. The van der Waals surface area contributed by atoms with E-state index >= 15 is 0 Å². The van der Waals surface area contributed by atoms with Crippen molar-refractivity contribution in [3.8, 4) is 0 Å². The van der Waals surface area contributed by atoms with Gasteiger partial charge in [0.1, 0.15) is 0 Å². The molecule has 0 aliphatic carbocycles. The van der Waals surface area contributed by atoms with E-state index < -0.39 is 5.41 Å². The maximum Gasteiger partial charge on any atom is 0.244 e. The lowest BCUT2D eigenvalue weighted by Gasteiger charge is -2.34. The van der Waals surface area contributed by atoms with E-state index in [2.05, 4.69) is 5.32 Å². The third-order valence-corrected chi connectivity index (χ3v) is 4.92. The zero-order valence-electron chi connectivity index (χ0n) is 14.3. The summed E-state index contributed by atoms with van der Waals surface area (Å²) in [4.78, 5) is 24.0. The second kappa shape index (κ2) is 7.11. The first-order chi connectivity index (χ1) is 12.0. The molecule has 25 heavy (non-hydrogen) atoms. The van der Waals surface area contributed by atoms with Gasteiger partial charge in [-0.2, -0.15) is 0 Å². The predicted molar refractivity (Wildman–Crippen MR) is 96.6 cm³/mol. The first-order valence-electron chi connectivity index (χ1n) is 8.39. The molecule has 1 saturated heterocycles. The molecule has 2 heterocycles. The van der Waals surface area contributed by atoms with E-state index in [0.717, 1.165) is 16.5 Å². The SMILES string of the molecule is Cn1cc(C=CC(=O)NCC2(C(N)=O)CCOCC2)c2ccccc21. The number of nitrogens with one attached hydrogen (secondary N) is 1. The molecule has 1 aromatic heterocycles. The molecule has 0 saturated carbocycles. The Bertz CT molecular complexity index is 816. The first-order valence-corrected chi connectivity index (χ1v) is 8.39. The molecule has 1 aliphatic rings. The van der Waals surface area contributed by atoms with E-state index in [1.54, 1.807) is 6.08 Å². The third kappa shape index (κ3) is 3.58. The first kappa shape index (κ1) is 17.2. The predicted octanol–water partition coefficient (Wildman–Crippen LogP) is 1.59. The van der Waals surface area contributed by atoms with Gasteiger partial charge in [-0.25, -0.2) is 0 Å². The number of nitrogens with zero attached hydrogens (tertiary/aromatic N) is 1. The molecule has 1 fully saturated rings. The number of hydrogen-bond donors (Lipinski definition) is 2. The van der Waals surface area contributed by atoms with E-state index in [1.165, 1.54) is 6.08 Å². The lowest BCUT2D eigenvalue weighted by molar-refractivity contribution is -0.133. The van der Waals surface area contributed by atoms with Crippen LogP contribution in [0, 0.1) is 5.41 Å². The van der Waals surface area contributed by atoms with Crippen molar-refractivity contribution < 1.29 is 14.3 Å². The number of aryl methyl sites for hydroxylation is 1. The van der Waals surface area contributed by atoms with Gasteiger partial charge in [-0.3, -0.25) is 9.59 Å². The molecule has 6 heteroatoms. The molecule has 6 nitrogen and oxygen atoms in total. The standard InChI is InChI=1S/C19H23N3O3/c1-22-12-14(15-4-2-3-5-16(15)22)6-7-17(23)21-13-19(18(20)24)8-10-25-11-9-19/h2-7,12H,8-11,13H2,1H3,(H2,20,24)(H,21,23). The summed E-state index contributed by atoms with van der Waals surface area (Å²) in [5.74, 6) is -0.616. The van der Waals surface area contributed by atoms with E-state index in [0.29, 0.717) is 26.1 Å². The summed E-state index contributed by atoms with van der Waals surface area (Å²) in [6, 6.07) is 8.02. The number of fused-ring (bicyclic) bond motifs is 1. The summed E-state index contributed by atoms with van der Waals surface area (Å²) >= 11 is 0. The number of ether oxygens (including phenoxy) is 1. The molecular formula is C19H23N3O3. The number of carbonyl (C=O) groups excluding carboxylic acids is 2. The van der Waals surface area contributed by atoms with Crippen LogP contribution in [0.3, 0.4) is 0 Å². The second-order valence-corrected chi connectivity index (χ2v) is 6.52. The number of primary amides is 1. The van der Waals surface area contributed by atoms with Crippen molar-refractivity contribution in [1.29, 1.82) is 0 Å². The van der Waals surface area contributed by atoms with Gasteiger partial charge in [0.15, 0.2) is 0 Å². The van der Waals surface area contributed by atoms with Gasteiger partial charge in [-0.05, 0) is 25.0 Å². The van der Waals surface area contributed by atoms with Gasteiger partial charge in [0.2, 0.25) is 11.8 Å². The van der Waals surface area contributed by atoms with Gasteiger partial charge in [-0.15, -0.1) is 0 Å². The maximum absolute atomic E-state index is 12.2. The van der Waals surface area contributed by atoms with Crippen molar-refractivity contribution in [2.45, 2.75) is 12.8 Å². The van der Waals surface area contributed by atoms with E-state index in [1.807, 2.05) is 42.1 Å². The fourth-order valence-electron chi connectivity index (χ4n) is 3.26. The fraction of sp³-hybridized carbons (Fsp3) is 0.368. The fourth-order valence-corrected chi connectivity index (χ4v) is 3.26. The number of aromatic nitrogens is 1. The minimum absolute atomic E-state index is 0.236. The average molecular weight is 341 g/mol. The Hall–Kier alpha value is -2.60. The number of para-hydroxylation sites is 1. The van der Waals surface area contributed by atoms with Crippen molar-refractivity contribution in [3.63, 3.8) is 0 Å². The number of hydrogen-bond acceptors (Lipinski definition) is 3. The van der Waals surface area contributed by atoms with Crippen LogP contribution in [-0.4, -0.2) is 36.1 Å². The lowest BCUT2D eigenvalue weighted by atomic mass is 9.79. The monoisotopic (exact) mass is 341 g/mol. The lowest BCUT2D eigenvalue weighted by Crippen LogP contribution is -2.49. The van der Waals surface area contributed by atoms with Gasteiger partial charge >= 0.3 is 0 Å². The van der Waals surface area contributed by atoms with Crippen LogP contribution in [0.5, 0.6) is 0 Å². The topological polar surface area (TPSA) is 86.4 Å². The summed E-state index contributed by atoms with van der Waals surface area (Å²) < 4.78 is 7.32. The number of benzene rings is 1. The summed E-state index contributed by atoms with van der Waals surface area (Å²) in [6.07, 6.45) is 6.34. The highest BCUT2D eigenvalue weighted by Crippen LogP contribution is 2.29. The van der Waals surface area contributed by atoms with Crippen LogP contribution in [0.25, 0.3) is 17.0 Å². The van der Waals surface area contributed by atoms with Crippen LogP contribution in [0.1, 0.15) is 18.4 Å². The Kier molecular flexibility index (Phi) is 4.90. The van der Waals surface area contributed by atoms with Crippen LogP contribution >= 0.6 is 0 Å². The van der Waals surface area contributed by atoms with Crippen LogP contribution < -0.4 is 11.1 Å². The Morgan fingerprint density at radius 2 is 2.04 bits per heavy atom. The zero-order chi connectivity index (χ0) is 17.9. The average Bonchev–Trinajstić information content (AvgIpc) is 2.95. The summed E-state index contributed by atoms with van der Waals surface area (Å²) in [5, 5.41) is 3.90. The van der Waals surface area contributed by atoms with E-state index in [-0.39, 0.29) is 18.4 Å². The molecule has 0 atom stereocenters. The highest BCUT2D eigenvalue weighted by Gasteiger charge is 2.38. The molecule has 1 aromatic carbocycles. The molecule has 0 radical (unpaired) electrons. The van der Waals surface area contributed by atoms with Crippen molar-refractivity contribution >= 4 is 28.8 Å². The van der Waals surface area contributed by atoms with Gasteiger partial charge in [-0.1, -0.05) is 18.2 Å². The van der Waals surface area contributed by atoms with E-state index in [4.69, 9.17) is 10.5 Å². The quantitative estimate of drug-likeness (QED) is 0.810. The number of rotatable bonds is 5. The number of carbonyl (C=O) groups is 2. The Morgan fingerprint density at radius 3 is 2.76 bits per heavy atom. The summed E-state index contributed by atoms with van der Waals surface area (Å²) in [7, 11) is 1.97. The molecule has 2 amide bonds. The third-order valence-electron chi connectivity index (χ3n) is 4.92. The minimum atomic E-state index is -0.707. The molecule has 0 bridgehead atoms. The van der Waals surface area contributed by atoms with Crippen LogP contribution in [0.15, 0.2) is 36.5 Å². The molecule has 3 rings (SSSR count). The molecule has 3 N–H and O–H groups in total. The molecule has 2 aromatic rings. The van der Waals surface area contributed by atoms with Gasteiger partial charge < -0.3 is 20.4 Å². The molecule has 1 aliphatic heterocycles. The van der Waals surface area contributed by atoms with Crippen molar-refractivity contribution in [3.05, 3.63) is 42.1 Å².